The summed E-state index contributed by atoms with van der Waals surface area (Å²) in [7, 11) is -3.04. The molecular formula is C14H30N2O2S. The van der Waals surface area contributed by atoms with Gasteiger partial charge in [0.15, 0.2) is 0 Å². The van der Waals surface area contributed by atoms with Crippen molar-refractivity contribution in [1.82, 2.24) is 9.62 Å². The minimum atomic E-state index is -3.04. The number of hydrogen-bond acceptors (Lipinski definition) is 3. The summed E-state index contributed by atoms with van der Waals surface area (Å²) in [5, 5.41) is 3.23. The Bertz CT molecular complexity index is 337. The Labute approximate surface area is 119 Å². The zero-order chi connectivity index (χ0) is 14.3. The molecule has 0 heterocycles. The number of hydrogen-bond donors (Lipinski definition) is 1. The molecule has 114 valence electrons. The van der Waals surface area contributed by atoms with Crippen LogP contribution in [0.5, 0.6) is 0 Å². The molecule has 0 aliphatic heterocycles. The van der Waals surface area contributed by atoms with Crippen molar-refractivity contribution in [2.24, 2.45) is 5.92 Å². The monoisotopic (exact) mass is 290 g/mol. The topological polar surface area (TPSA) is 49.4 Å². The zero-order valence-electron chi connectivity index (χ0n) is 12.7. The van der Waals surface area contributed by atoms with Gasteiger partial charge in [-0.05, 0) is 51.1 Å². The van der Waals surface area contributed by atoms with E-state index in [2.05, 4.69) is 26.1 Å². The Morgan fingerprint density at radius 1 is 1.26 bits per heavy atom. The van der Waals surface area contributed by atoms with Crippen LogP contribution in [0.15, 0.2) is 0 Å². The fraction of sp³-hybridized carbons (Fsp3) is 1.00. The number of unbranched alkanes of at least 4 members (excludes halogenated alkanes) is 1. The molecule has 19 heavy (non-hydrogen) atoms. The van der Waals surface area contributed by atoms with Crippen molar-refractivity contribution < 1.29 is 8.42 Å². The summed E-state index contributed by atoms with van der Waals surface area (Å²) >= 11 is 0. The number of nitrogens with one attached hydrogen (secondary N) is 1. The van der Waals surface area contributed by atoms with E-state index in [0.29, 0.717) is 24.3 Å². The average molecular weight is 290 g/mol. The van der Waals surface area contributed by atoms with Crippen LogP contribution in [-0.4, -0.2) is 44.2 Å². The molecule has 1 fully saturated rings. The molecule has 1 rings (SSSR count). The predicted molar refractivity (Wildman–Crippen MR) is 80.7 cm³/mol. The highest BCUT2D eigenvalue weighted by molar-refractivity contribution is 7.89. The molecule has 0 unspecified atom stereocenters. The van der Waals surface area contributed by atoms with Crippen molar-refractivity contribution in [2.45, 2.75) is 58.9 Å². The summed E-state index contributed by atoms with van der Waals surface area (Å²) in [6.07, 6.45) is 4.77. The van der Waals surface area contributed by atoms with Crippen molar-refractivity contribution in [3.05, 3.63) is 0 Å². The lowest BCUT2D eigenvalue weighted by molar-refractivity contribution is 0.372. The first kappa shape index (κ1) is 16.9. The third-order valence-electron chi connectivity index (χ3n) is 3.49. The highest BCUT2D eigenvalue weighted by Crippen LogP contribution is 2.30. The molecule has 1 aliphatic carbocycles. The summed E-state index contributed by atoms with van der Waals surface area (Å²) in [6, 6.07) is 0.303. The molecule has 0 bridgehead atoms. The van der Waals surface area contributed by atoms with Crippen LogP contribution in [0, 0.1) is 5.92 Å². The second-order valence-electron chi connectivity index (χ2n) is 5.90. The van der Waals surface area contributed by atoms with Gasteiger partial charge in [0.2, 0.25) is 10.0 Å². The molecule has 0 radical (unpaired) electrons. The Hall–Kier alpha value is -0.130. The van der Waals surface area contributed by atoms with Crippen molar-refractivity contribution >= 4 is 10.0 Å². The lowest BCUT2D eigenvalue weighted by Crippen LogP contribution is -2.36. The van der Waals surface area contributed by atoms with Crippen LogP contribution in [0.25, 0.3) is 0 Å². The lowest BCUT2D eigenvalue weighted by atomic mass is 10.1. The van der Waals surface area contributed by atoms with Gasteiger partial charge in [0.25, 0.3) is 0 Å². The van der Waals surface area contributed by atoms with E-state index in [1.54, 1.807) is 4.31 Å². The van der Waals surface area contributed by atoms with Gasteiger partial charge in [-0.3, -0.25) is 0 Å². The fourth-order valence-corrected chi connectivity index (χ4v) is 3.98. The van der Waals surface area contributed by atoms with E-state index in [1.807, 2.05) is 0 Å². The highest BCUT2D eigenvalue weighted by Gasteiger charge is 2.36. The summed E-state index contributed by atoms with van der Waals surface area (Å²) in [5.41, 5.74) is 0. The second kappa shape index (κ2) is 8.22. The molecule has 1 aliphatic rings. The van der Waals surface area contributed by atoms with Crippen molar-refractivity contribution in [3.8, 4) is 0 Å². The van der Waals surface area contributed by atoms with E-state index in [9.17, 15) is 8.42 Å². The van der Waals surface area contributed by atoms with Gasteiger partial charge in [0.1, 0.15) is 0 Å². The predicted octanol–water partition coefficient (Wildman–Crippen LogP) is 2.22. The molecule has 1 N–H and O–H groups in total. The maximum Gasteiger partial charge on any atom is 0.214 e. The van der Waals surface area contributed by atoms with E-state index >= 15 is 0 Å². The largest absolute Gasteiger partial charge is 0.317 e. The van der Waals surface area contributed by atoms with Crippen LogP contribution in [0.1, 0.15) is 52.9 Å². The average Bonchev–Trinajstić information content (AvgIpc) is 3.12. The van der Waals surface area contributed by atoms with Gasteiger partial charge in [0, 0.05) is 12.6 Å². The van der Waals surface area contributed by atoms with E-state index in [1.165, 1.54) is 0 Å². The minimum Gasteiger partial charge on any atom is -0.317 e. The Morgan fingerprint density at radius 3 is 2.47 bits per heavy atom. The second-order valence-corrected chi connectivity index (χ2v) is 7.94. The van der Waals surface area contributed by atoms with E-state index < -0.39 is 10.0 Å². The van der Waals surface area contributed by atoms with Crippen LogP contribution in [0.2, 0.25) is 0 Å². The maximum atomic E-state index is 12.4. The van der Waals surface area contributed by atoms with E-state index in [4.69, 9.17) is 0 Å². The molecule has 0 aromatic heterocycles. The molecule has 0 aromatic rings. The van der Waals surface area contributed by atoms with Crippen LogP contribution in [0.4, 0.5) is 0 Å². The SMILES string of the molecule is CCNCCCCS(=O)(=O)N(CCC(C)C)C1CC1. The first-order chi connectivity index (χ1) is 8.97. The molecular weight excluding hydrogens is 260 g/mol. The molecule has 0 aromatic carbocycles. The van der Waals surface area contributed by atoms with Crippen molar-refractivity contribution in [1.29, 1.82) is 0 Å². The van der Waals surface area contributed by atoms with Crippen molar-refractivity contribution in [3.63, 3.8) is 0 Å². The molecule has 4 nitrogen and oxygen atoms in total. The van der Waals surface area contributed by atoms with Crippen LogP contribution in [0.3, 0.4) is 0 Å². The van der Waals surface area contributed by atoms with Gasteiger partial charge in [-0.2, -0.15) is 4.31 Å². The molecule has 1 saturated carbocycles. The standard InChI is InChI=1S/C14H30N2O2S/c1-4-15-10-5-6-12-19(17,18)16(14-7-8-14)11-9-13(2)3/h13-15H,4-12H2,1-3H3. The van der Waals surface area contributed by atoms with E-state index in [0.717, 1.165) is 45.2 Å². The maximum absolute atomic E-state index is 12.4. The number of rotatable bonds is 11. The summed E-state index contributed by atoms with van der Waals surface area (Å²) < 4.78 is 26.5. The fourth-order valence-electron chi connectivity index (χ4n) is 2.13. The lowest BCUT2D eigenvalue weighted by Gasteiger charge is -2.22. The summed E-state index contributed by atoms with van der Waals surface area (Å²) in [5.74, 6) is 0.873. The molecule has 0 atom stereocenters. The van der Waals surface area contributed by atoms with Gasteiger partial charge in [-0.15, -0.1) is 0 Å². The highest BCUT2D eigenvalue weighted by atomic mass is 32.2. The van der Waals surface area contributed by atoms with Crippen LogP contribution < -0.4 is 5.32 Å². The first-order valence-electron chi connectivity index (χ1n) is 7.67. The smallest absolute Gasteiger partial charge is 0.214 e. The minimum absolute atomic E-state index is 0.303. The van der Waals surface area contributed by atoms with Gasteiger partial charge in [0.05, 0.1) is 5.75 Å². The molecule has 0 spiro atoms. The number of nitrogens with zero attached hydrogens (tertiary/aromatic N) is 1. The van der Waals surface area contributed by atoms with Gasteiger partial charge >= 0.3 is 0 Å². The summed E-state index contributed by atoms with van der Waals surface area (Å²) in [4.78, 5) is 0. The normalized spacial score (nSPS) is 16.5. The third-order valence-corrected chi connectivity index (χ3v) is 5.49. The van der Waals surface area contributed by atoms with E-state index in [-0.39, 0.29) is 0 Å². The van der Waals surface area contributed by atoms with Gasteiger partial charge in [-0.1, -0.05) is 20.8 Å². The first-order valence-corrected chi connectivity index (χ1v) is 9.28. The number of sulfonamides is 1. The zero-order valence-corrected chi connectivity index (χ0v) is 13.5. The Kier molecular flexibility index (Phi) is 7.32. The summed E-state index contributed by atoms with van der Waals surface area (Å²) in [6.45, 7) is 8.94. The van der Waals surface area contributed by atoms with Crippen molar-refractivity contribution in [2.75, 3.05) is 25.4 Å². The Balaban J connectivity index is 2.37. The van der Waals surface area contributed by atoms with Crippen LogP contribution in [-0.2, 0) is 10.0 Å². The molecule has 0 saturated heterocycles. The molecule has 0 amide bonds. The third kappa shape index (κ3) is 6.72. The van der Waals surface area contributed by atoms with Crippen LogP contribution >= 0.6 is 0 Å². The van der Waals surface area contributed by atoms with Gasteiger partial charge < -0.3 is 5.32 Å². The quantitative estimate of drug-likeness (QED) is 0.594. The Morgan fingerprint density at radius 2 is 1.95 bits per heavy atom. The van der Waals surface area contributed by atoms with Gasteiger partial charge in [-0.25, -0.2) is 8.42 Å². The molecule has 5 heteroatoms.